The fraction of sp³-hybridized carbons (Fsp3) is 0.281. The topological polar surface area (TPSA) is 115 Å². The maximum absolute atomic E-state index is 13.0. The van der Waals surface area contributed by atoms with Crippen LogP contribution in [0.1, 0.15) is 70.3 Å². The number of imide groups is 1. The molecule has 41 heavy (non-hydrogen) atoms. The van der Waals surface area contributed by atoms with E-state index in [0.717, 1.165) is 18.4 Å². The highest BCUT2D eigenvalue weighted by Crippen LogP contribution is 2.29. The highest BCUT2D eigenvalue weighted by molar-refractivity contribution is 6.22. The molecule has 1 saturated heterocycles. The summed E-state index contributed by atoms with van der Waals surface area (Å²) in [7, 11) is 0. The smallest absolute Gasteiger partial charge is 0.261 e. The quantitative estimate of drug-likeness (QED) is 0.305. The van der Waals surface area contributed by atoms with Crippen molar-refractivity contribution in [3.8, 4) is 22.9 Å². The number of hydrogen-bond acceptors (Lipinski definition) is 7. The molecule has 0 radical (unpaired) electrons. The minimum atomic E-state index is -0.399. The van der Waals surface area contributed by atoms with Crippen LogP contribution >= 0.6 is 0 Å². The molecule has 6 rings (SSSR count). The molecule has 9 nitrogen and oxygen atoms in total. The fourth-order valence-corrected chi connectivity index (χ4v) is 5.06. The number of fused-ring (bicyclic) bond motifs is 1. The van der Waals surface area contributed by atoms with E-state index < -0.39 is 11.8 Å². The van der Waals surface area contributed by atoms with Gasteiger partial charge in [0.25, 0.3) is 17.7 Å². The predicted molar refractivity (Wildman–Crippen MR) is 153 cm³/mol. The van der Waals surface area contributed by atoms with Gasteiger partial charge in [0.15, 0.2) is 0 Å². The van der Waals surface area contributed by atoms with Gasteiger partial charge in [-0.1, -0.05) is 32.9 Å². The first-order valence-electron chi connectivity index (χ1n) is 13.7. The van der Waals surface area contributed by atoms with Crippen molar-refractivity contribution in [1.82, 2.24) is 15.1 Å². The number of aromatic nitrogens is 2. The van der Waals surface area contributed by atoms with Crippen molar-refractivity contribution in [3.63, 3.8) is 0 Å². The van der Waals surface area contributed by atoms with Gasteiger partial charge in [-0.3, -0.25) is 19.3 Å². The second-order valence-electron chi connectivity index (χ2n) is 11.4. The van der Waals surface area contributed by atoms with E-state index in [1.54, 1.807) is 30.3 Å². The van der Waals surface area contributed by atoms with Crippen LogP contribution in [0.4, 0.5) is 5.69 Å². The Morgan fingerprint density at radius 3 is 2.15 bits per heavy atom. The second-order valence-corrected chi connectivity index (χ2v) is 11.4. The third-order valence-electron chi connectivity index (χ3n) is 7.46. The zero-order chi connectivity index (χ0) is 28.7. The zero-order valence-corrected chi connectivity index (χ0v) is 23.1. The normalized spacial score (nSPS) is 16.8. The van der Waals surface area contributed by atoms with Crippen LogP contribution in [0.25, 0.3) is 22.9 Å². The number of anilines is 1. The van der Waals surface area contributed by atoms with Gasteiger partial charge in [0, 0.05) is 29.0 Å². The van der Waals surface area contributed by atoms with Gasteiger partial charge >= 0.3 is 0 Å². The lowest BCUT2D eigenvalue weighted by molar-refractivity contribution is 0.0475. The molecule has 3 amide bonds. The summed E-state index contributed by atoms with van der Waals surface area (Å²) in [5.41, 5.74) is 4.19. The predicted octanol–water partition coefficient (Wildman–Crippen LogP) is 5.73. The van der Waals surface area contributed by atoms with Gasteiger partial charge in [-0.15, -0.1) is 10.2 Å². The molecule has 1 N–H and O–H groups in total. The van der Waals surface area contributed by atoms with Crippen LogP contribution in [0.15, 0.2) is 71.1 Å². The van der Waals surface area contributed by atoms with Crippen molar-refractivity contribution >= 4 is 23.4 Å². The van der Waals surface area contributed by atoms with Gasteiger partial charge in [-0.2, -0.15) is 0 Å². The van der Waals surface area contributed by atoms with Crippen LogP contribution in [0, 0.1) is 0 Å². The molecule has 3 heterocycles. The Labute approximate surface area is 237 Å². The molecule has 2 aliphatic rings. The lowest BCUT2D eigenvalue weighted by Gasteiger charge is -2.18. The van der Waals surface area contributed by atoms with Gasteiger partial charge < -0.3 is 14.5 Å². The molecule has 2 aliphatic heterocycles. The van der Waals surface area contributed by atoms with Crippen LogP contribution in [0.3, 0.4) is 0 Å². The number of amides is 3. The number of nitrogens with zero attached hydrogens (tertiary/aromatic N) is 3. The Morgan fingerprint density at radius 2 is 1.54 bits per heavy atom. The molecule has 0 saturated carbocycles. The van der Waals surface area contributed by atoms with Crippen molar-refractivity contribution in [1.29, 1.82) is 0 Å². The third kappa shape index (κ3) is 5.28. The van der Waals surface area contributed by atoms with Gasteiger partial charge in [0.1, 0.15) is 0 Å². The van der Waals surface area contributed by atoms with Crippen LogP contribution in [0.5, 0.6) is 0 Å². The Hall–Kier alpha value is -4.63. The molecule has 9 heteroatoms. The van der Waals surface area contributed by atoms with Crippen LogP contribution < -0.4 is 5.32 Å². The number of carbonyl (C=O) groups is 3. The summed E-state index contributed by atoms with van der Waals surface area (Å²) in [5.74, 6) is -0.348. The number of hydrogen-bond donors (Lipinski definition) is 1. The van der Waals surface area contributed by atoms with E-state index in [0.29, 0.717) is 35.2 Å². The standard InChI is InChI=1S/C32H30N4O5/c1-32(2,3)22-11-6-19(7-12-22)28-34-35-29(41-28)20-8-13-23(14-9-20)33-27(37)21-10-15-25-26(17-21)31(39)36(30(25)38)18-24-5-4-16-40-24/h6-15,17,24H,4-5,16,18H2,1-3H3,(H,33,37). The number of ether oxygens (including phenoxy) is 1. The lowest BCUT2D eigenvalue weighted by atomic mass is 9.87. The lowest BCUT2D eigenvalue weighted by Crippen LogP contribution is -2.36. The van der Waals surface area contributed by atoms with E-state index >= 15 is 0 Å². The number of nitrogens with one attached hydrogen (secondary N) is 1. The molecule has 1 atom stereocenters. The van der Waals surface area contributed by atoms with E-state index in [-0.39, 0.29) is 35.1 Å². The van der Waals surface area contributed by atoms with Crippen molar-refractivity contribution in [2.24, 2.45) is 0 Å². The highest BCUT2D eigenvalue weighted by Gasteiger charge is 2.38. The SMILES string of the molecule is CC(C)(C)c1ccc(-c2nnc(-c3ccc(NC(=O)c4ccc5c(c4)C(=O)N(CC4CCCO4)C5=O)cc3)o2)cc1. The second kappa shape index (κ2) is 10.4. The number of rotatable bonds is 6. The van der Waals surface area contributed by atoms with Gasteiger partial charge in [-0.05, 0) is 78.4 Å². The van der Waals surface area contributed by atoms with E-state index in [4.69, 9.17) is 9.15 Å². The van der Waals surface area contributed by atoms with Gasteiger partial charge in [0.05, 0.1) is 23.8 Å². The summed E-state index contributed by atoms with van der Waals surface area (Å²) in [4.78, 5) is 39.9. The van der Waals surface area contributed by atoms with Crippen LogP contribution in [-0.2, 0) is 10.2 Å². The van der Waals surface area contributed by atoms with E-state index in [1.165, 1.54) is 22.6 Å². The van der Waals surface area contributed by atoms with E-state index in [1.807, 2.05) is 12.1 Å². The molecule has 0 bridgehead atoms. The molecule has 0 aliphatic carbocycles. The number of benzene rings is 3. The van der Waals surface area contributed by atoms with Crippen molar-refractivity contribution < 1.29 is 23.5 Å². The van der Waals surface area contributed by atoms with Crippen molar-refractivity contribution in [2.45, 2.75) is 45.1 Å². The molecule has 1 fully saturated rings. The average molecular weight is 551 g/mol. The molecule has 1 aromatic heterocycles. The fourth-order valence-electron chi connectivity index (χ4n) is 5.06. The summed E-state index contributed by atoms with van der Waals surface area (Å²) in [6.45, 7) is 7.35. The first kappa shape index (κ1) is 26.6. The Morgan fingerprint density at radius 1 is 0.902 bits per heavy atom. The van der Waals surface area contributed by atoms with Crippen molar-refractivity contribution in [3.05, 3.63) is 89.0 Å². The zero-order valence-electron chi connectivity index (χ0n) is 23.1. The molecular weight excluding hydrogens is 520 g/mol. The van der Waals surface area contributed by atoms with Gasteiger partial charge in [-0.25, -0.2) is 0 Å². The van der Waals surface area contributed by atoms with Crippen LogP contribution in [0.2, 0.25) is 0 Å². The molecule has 208 valence electrons. The summed E-state index contributed by atoms with van der Waals surface area (Å²) in [6.07, 6.45) is 1.60. The summed E-state index contributed by atoms with van der Waals surface area (Å²) >= 11 is 0. The maximum atomic E-state index is 13.0. The molecule has 3 aromatic carbocycles. The Kier molecular flexibility index (Phi) is 6.75. The largest absolute Gasteiger partial charge is 0.416 e. The third-order valence-corrected chi connectivity index (χ3v) is 7.46. The molecular formula is C32H30N4O5. The first-order valence-corrected chi connectivity index (χ1v) is 13.7. The Balaban J connectivity index is 1.12. The Bertz CT molecular complexity index is 1630. The van der Waals surface area contributed by atoms with Crippen LogP contribution in [-0.4, -0.2) is 52.1 Å². The van der Waals surface area contributed by atoms with E-state index in [9.17, 15) is 14.4 Å². The van der Waals surface area contributed by atoms with Crippen molar-refractivity contribution in [2.75, 3.05) is 18.5 Å². The minimum Gasteiger partial charge on any atom is -0.416 e. The maximum Gasteiger partial charge on any atom is 0.261 e. The van der Waals surface area contributed by atoms with Gasteiger partial charge in [0.2, 0.25) is 11.8 Å². The molecule has 1 unspecified atom stereocenters. The van der Waals surface area contributed by atoms with E-state index in [2.05, 4.69) is 48.4 Å². The summed E-state index contributed by atoms with van der Waals surface area (Å²) in [6, 6.07) is 19.7. The summed E-state index contributed by atoms with van der Waals surface area (Å²) in [5, 5.41) is 11.2. The minimum absolute atomic E-state index is 0.0539. The number of carbonyl (C=O) groups excluding carboxylic acids is 3. The highest BCUT2D eigenvalue weighted by atomic mass is 16.5. The molecule has 4 aromatic rings. The average Bonchev–Trinajstić information content (AvgIpc) is 3.72. The first-order chi connectivity index (χ1) is 19.7. The monoisotopic (exact) mass is 550 g/mol. The molecule has 0 spiro atoms. The summed E-state index contributed by atoms with van der Waals surface area (Å²) < 4.78 is 11.5.